The van der Waals surface area contributed by atoms with Gasteiger partial charge in [0.2, 0.25) is 0 Å². The molecule has 0 aromatic heterocycles. The molecule has 8 aliphatic rings. The molecule has 8 rings (SSSR count). The van der Waals surface area contributed by atoms with Gasteiger partial charge >= 0.3 is 11.9 Å². The van der Waals surface area contributed by atoms with E-state index in [9.17, 15) is 9.59 Å². The number of ether oxygens (including phenoxy) is 2. The Hall–Kier alpha value is -2.10. The van der Waals surface area contributed by atoms with Gasteiger partial charge in [-0.3, -0.25) is 9.59 Å². The Morgan fingerprint density at radius 1 is 0.587 bits per heavy atom. The molecule has 0 aromatic carbocycles. The Morgan fingerprint density at radius 3 is 1.39 bits per heavy atom. The third-order valence-corrected chi connectivity index (χ3v) is 16.0. The SMILES string of the molecule is CC(=O)O[C@H]1CC[C@@]2(C)C(=CC[C@H]3[C@@H]4CC(C5=C[C@@]6(C)CC[C@H]7[C@@H](CC=C8C[C@@H](OC(C)=O)CC[C@@]87C)[C@@H]6C5)=C[C@@]4(C)CC[C@@H]32)C1. The molecular formula is C42H58O4. The fraction of sp³-hybridized carbons (Fsp3) is 0.762. The summed E-state index contributed by atoms with van der Waals surface area (Å²) in [6.45, 7) is 13.4. The van der Waals surface area contributed by atoms with E-state index in [0.29, 0.717) is 10.8 Å². The van der Waals surface area contributed by atoms with Crippen LogP contribution in [0.1, 0.15) is 131 Å². The first kappa shape index (κ1) is 31.2. The van der Waals surface area contributed by atoms with Crippen molar-refractivity contribution in [3.05, 3.63) is 46.6 Å². The molecule has 4 heteroatoms. The number of carbonyl (C=O) groups is 2. The van der Waals surface area contributed by atoms with E-state index in [1.807, 2.05) is 0 Å². The molecule has 0 amide bonds. The Labute approximate surface area is 277 Å². The summed E-state index contributed by atoms with van der Waals surface area (Å²) >= 11 is 0. The Morgan fingerprint density at radius 2 is 1.00 bits per heavy atom. The normalized spacial score (nSPS) is 48.9. The highest BCUT2D eigenvalue weighted by Gasteiger charge is 2.59. The van der Waals surface area contributed by atoms with Crippen LogP contribution in [0.25, 0.3) is 0 Å². The van der Waals surface area contributed by atoms with Crippen molar-refractivity contribution in [3.63, 3.8) is 0 Å². The van der Waals surface area contributed by atoms with Crippen LogP contribution in [0, 0.1) is 57.2 Å². The third kappa shape index (κ3) is 4.72. The molecule has 8 aliphatic carbocycles. The standard InChI is InChI=1S/C42H58O4/c1-25(43)45-31-11-17-41(5)29(21-31)7-9-33-35(41)13-15-39(3)23-27(19-37(33)39)28-20-38-34-10-8-30-22-32(46-26(2)44)12-18-42(30,6)36(34)14-16-40(38,4)24-28/h7-8,23-24,31-38H,9-22H2,1-6H3/t31-,32-,33+,34+,35-,36-,37-,38-,39+,40+,41-,42-/m0/s1. The molecule has 0 N–H and O–H groups in total. The van der Waals surface area contributed by atoms with E-state index in [4.69, 9.17) is 9.47 Å². The third-order valence-electron chi connectivity index (χ3n) is 16.0. The number of rotatable bonds is 3. The number of fused-ring (bicyclic) bond motifs is 10. The maximum atomic E-state index is 11.7. The Balaban J connectivity index is 0.994. The minimum atomic E-state index is -0.131. The van der Waals surface area contributed by atoms with Crippen LogP contribution in [0.3, 0.4) is 0 Å². The van der Waals surface area contributed by atoms with E-state index in [2.05, 4.69) is 52.0 Å². The van der Waals surface area contributed by atoms with Crippen molar-refractivity contribution in [1.29, 1.82) is 0 Å². The maximum Gasteiger partial charge on any atom is 0.302 e. The van der Waals surface area contributed by atoms with Crippen molar-refractivity contribution in [1.82, 2.24) is 0 Å². The molecule has 0 saturated heterocycles. The molecule has 46 heavy (non-hydrogen) atoms. The van der Waals surface area contributed by atoms with Crippen LogP contribution in [0.4, 0.5) is 0 Å². The quantitative estimate of drug-likeness (QED) is 0.231. The summed E-state index contributed by atoms with van der Waals surface area (Å²) in [4.78, 5) is 23.4. The van der Waals surface area contributed by atoms with Gasteiger partial charge in [-0.05, 0) is 145 Å². The molecule has 0 spiro atoms. The predicted octanol–water partition coefficient (Wildman–Crippen LogP) is 9.85. The van der Waals surface area contributed by atoms with Crippen LogP contribution in [0.15, 0.2) is 46.6 Å². The summed E-state index contributed by atoms with van der Waals surface area (Å²) < 4.78 is 11.4. The second-order valence-electron chi connectivity index (χ2n) is 18.3. The second kappa shape index (κ2) is 10.7. The molecule has 4 nitrogen and oxygen atoms in total. The van der Waals surface area contributed by atoms with E-state index < -0.39 is 0 Å². The minimum Gasteiger partial charge on any atom is -0.462 e. The molecule has 250 valence electrons. The molecular weight excluding hydrogens is 568 g/mol. The lowest BCUT2D eigenvalue weighted by Gasteiger charge is -2.57. The first-order valence-corrected chi connectivity index (χ1v) is 19.0. The molecule has 4 saturated carbocycles. The zero-order valence-electron chi connectivity index (χ0n) is 29.5. The van der Waals surface area contributed by atoms with Gasteiger partial charge < -0.3 is 9.47 Å². The Bertz CT molecular complexity index is 1340. The fourth-order valence-corrected chi connectivity index (χ4v) is 13.6. The lowest BCUT2D eigenvalue weighted by molar-refractivity contribution is -0.149. The van der Waals surface area contributed by atoms with Gasteiger partial charge in [-0.15, -0.1) is 0 Å². The van der Waals surface area contributed by atoms with Gasteiger partial charge in [0, 0.05) is 26.7 Å². The fourth-order valence-electron chi connectivity index (χ4n) is 13.6. The van der Waals surface area contributed by atoms with Crippen LogP contribution in [0.5, 0.6) is 0 Å². The van der Waals surface area contributed by atoms with Crippen LogP contribution in [-0.2, 0) is 19.1 Å². The van der Waals surface area contributed by atoms with Gasteiger partial charge in [-0.2, -0.15) is 0 Å². The number of carbonyl (C=O) groups excluding carboxylic acids is 2. The highest BCUT2D eigenvalue weighted by atomic mass is 16.5. The van der Waals surface area contributed by atoms with Crippen molar-refractivity contribution in [2.24, 2.45) is 57.2 Å². The lowest BCUT2D eigenvalue weighted by atomic mass is 9.48. The van der Waals surface area contributed by atoms with E-state index in [0.717, 1.165) is 74.0 Å². The average molecular weight is 627 g/mol. The monoisotopic (exact) mass is 626 g/mol. The van der Waals surface area contributed by atoms with E-state index in [1.54, 1.807) is 36.1 Å². The molecule has 0 bridgehead atoms. The predicted molar refractivity (Wildman–Crippen MR) is 181 cm³/mol. The first-order chi connectivity index (χ1) is 21.8. The van der Waals surface area contributed by atoms with E-state index >= 15 is 0 Å². The molecule has 0 aromatic rings. The van der Waals surface area contributed by atoms with Crippen LogP contribution < -0.4 is 0 Å². The first-order valence-electron chi connectivity index (χ1n) is 19.0. The van der Waals surface area contributed by atoms with Gasteiger partial charge in [0.25, 0.3) is 0 Å². The summed E-state index contributed by atoms with van der Waals surface area (Å²) in [6, 6.07) is 0. The van der Waals surface area contributed by atoms with Crippen LogP contribution in [0.2, 0.25) is 0 Å². The van der Waals surface area contributed by atoms with Crippen molar-refractivity contribution >= 4 is 11.9 Å². The largest absolute Gasteiger partial charge is 0.462 e. The summed E-state index contributed by atoms with van der Waals surface area (Å²) in [5.41, 5.74) is 7.78. The zero-order valence-corrected chi connectivity index (χ0v) is 29.5. The number of hydrogen-bond donors (Lipinski definition) is 0. The summed E-state index contributed by atoms with van der Waals surface area (Å²) in [7, 11) is 0. The Kier molecular flexibility index (Phi) is 7.25. The van der Waals surface area contributed by atoms with Crippen LogP contribution >= 0.6 is 0 Å². The highest BCUT2D eigenvalue weighted by molar-refractivity contribution is 5.66. The number of hydrogen-bond acceptors (Lipinski definition) is 4. The van der Waals surface area contributed by atoms with Crippen molar-refractivity contribution in [2.45, 2.75) is 144 Å². The van der Waals surface area contributed by atoms with Gasteiger partial charge in [0.15, 0.2) is 0 Å². The van der Waals surface area contributed by atoms with Gasteiger partial charge in [0.05, 0.1) is 0 Å². The number of esters is 2. The second-order valence-corrected chi connectivity index (χ2v) is 18.3. The smallest absolute Gasteiger partial charge is 0.302 e. The minimum absolute atomic E-state index is 0.0744. The topological polar surface area (TPSA) is 52.6 Å². The molecule has 0 aliphatic heterocycles. The maximum absolute atomic E-state index is 11.7. The summed E-state index contributed by atoms with van der Waals surface area (Å²) in [5.74, 6) is 4.28. The van der Waals surface area contributed by atoms with Crippen molar-refractivity contribution in [2.75, 3.05) is 0 Å². The number of allylic oxidation sites excluding steroid dienone is 6. The summed E-state index contributed by atoms with van der Waals surface area (Å²) in [5, 5.41) is 0. The van der Waals surface area contributed by atoms with E-state index in [1.165, 1.54) is 51.4 Å². The average Bonchev–Trinajstić information content (AvgIpc) is 3.54. The zero-order chi connectivity index (χ0) is 32.2. The van der Waals surface area contributed by atoms with Crippen molar-refractivity contribution < 1.29 is 19.1 Å². The van der Waals surface area contributed by atoms with Gasteiger partial charge in [-0.25, -0.2) is 0 Å². The van der Waals surface area contributed by atoms with E-state index in [-0.39, 0.29) is 35.0 Å². The van der Waals surface area contributed by atoms with Gasteiger partial charge in [0.1, 0.15) is 12.2 Å². The summed E-state index contributed by atoms with van der Waals surface area (Å²) in [6.07, 6.45) is 27.4. The van der Waals surface area contributed by atoms with Crippen LogP contribution in [-0.4, -0.2) is 24.1 Å². The molecule has 4 fully saturated rings. The molecule has 12 atom stereocenters. The van der Waals surface area contributed by atoms with Crippen molar-refractivity contribution in [3.8, 4) is 0 Å². The van der Waals surface area contributed by atoms with Gasteiger partial charge in [-0.1, -0.05) is 63.1 Å². The molecule has 0 heterocycles. The highest BCUT2D eigenvalue weighted by Crippen LogP contribution is 2.68. The lowest BCUT2D eigenvalue weighted by Crippen LogP contribution is -2.49. The molecule has 0 radical (unpaired) electrons. The molecule has 0 unspecified atom stereocenters.